The molecule has 0 unspecified atom stereocenters. The van der Waals surface area contributed by atoms with E-state index in [0.29, 0.717) is 6.54 Å². The SMILES string of the molecule is CCCCCCn1nnc(CN)c1-c1cccc(C)c1. The molecule has 0 aliphatic carbocycles. The predicted molar refractivity (Wildman–Crippen MR) is 82.2 cm³/mol. The number of nitrogens with zero attached hydrogens (tertiary/aromatic N) is 3. The summed E-state index contributed by atoms with van der Waals surface area (Å²) in [5.74, 6) is 0. The highest BCUT2D eigenvalue weighted by molar-refractivity contribution is 5.62. The number of aromatic nitrogens is 3. The number of unbranched alkanes of at least 4 members (excludes halogenated alkanes) is 3. The average molecular weight is 272 g/mol. The summed E-state index contributed by atoms with van der Waals surface area (Å²) >= 11 is 0. The molecular weight excluding hydrogens is 248 g/mol. The average Bonchev–Trinajstić information content (AvgIpc) is 2.86. The number of benzene rings is 1. The van der Waals surface area contributed by atoms with Crippen molar-refractivity contribution in [3.05, 3.63) is 35.5 Å². The van der Waals surface area contributed by atoms with Crippen molar-refractivity contribution < 1.29 is 0 Å². The van der Waals surface area contributed by atoms with Crippen LogP contribution < -0.4 is 5.73 Å². The summed E-state index contributed by atoms with van der Waals surface area (Å²) in [7, 11) is 0. The maximum Gasteiger partial charge on any atom is 0.104 e. The summed E-state index contributed by atoms with van der Waals surface area (Å²) in [6, 6.07) is 8.44. The second-order valence-corrected chi connectivity index (χ2v) is 5.24. The van der Waals surface area contributed by atoms with E-state index in [4.69, 9.17) is 5.73 Å². The van der Waals surface area contributed by atoms with Gasteiger partial charge < -0.3 is 5.73 Å². The van der Waals surface area contributed by atoms with Crippen LogP contribution in [-0.2, 0) is 13.1 Å². The minimum atomic E-state index is 0.429. The molecule has 0 fully saturated rings. The van der Waals surface area contributed by atoms with Gasteiger partial charge in [0.25, 0.3) is 0 Å². The third kappa shape index (κ3) is 3.45. The Morgan fingerprint density at radius 1 is 1.20 bits per heavy atom. The summed E-state index contributed by atoms with van der Waals surface area (Å²) in [6.45, 7) is 5.66. The molecule has 4 nitrogen and oxygen atoms in total. The molecular formula is C16H24N4. The number of rotatable bonds is 7. The van der Waals surface area contributed by atoms with Gasteiger partial charge in [-0.05, 0) is 19.4 Å². The van der Waals surface area contributed by atoms with Crippen LogP contribution in [0, 0.1) is 6.92 Å². The van der Waals surface area contributed by atoms with Crippen LogP contribution in [0.2, 0.25) is 0 Å². The highest BCUT2D eigenvalue weighted by atomic mass is 15.4. The van der Waals surface area contributed by atoms with E-state index in [1.54, 1.807) is 0 Å². The Bertz CT molecular complexity index is 545. The van der Waals surface area contributed by atoms with Gasteiger partial charge in [-0.25, -0.2) is 4.68 Å². The van der Waals surface area contributed by atoms with Gasteiger partial charge in [-0.15, -0.1) is 5.10 Å². The lowest BCUT2D eigenvalue weighted by atomic mass is 10.1. The second-order valence-electron chi connectivity index (χ2n) is 5.24. The van der Waals surface area contributed by atoms with E-state index in [1.807, 2.05) is 4.68 Å². The Hall–Kier alpha value is -1.68. The first-order valence-electron chi connectivity index (χ1n) is 7.45. The first kappa shape index (κ1) is 14.7. The minimum absolute atomic E-state index is 0.429. The van der Waals surface area contributed by atoms with Gasteiger partial charge in [0.15, 0.2) is 0 Å². The third-order valence-electron chi connectivity index (χ3n) is 3.51. The molecule has 1 aromatic carbocycles. The van der Waals surface area contributed by atoms with Gasteiger partial charge in [0.2, 0.25) is 0 Å². The fraction of sp³-hybridized carbons (Fsp3) is 0.500. The highest BCUT2D eigenvalue weighted by Crippen LogP contribution is 2.23. The summed E-state index contributed by atoms with van der Waals surface area (Å²) in [5, 5.41) is 8.50. The molecule has 2 N–H and O–H groups in total. The van der Waals surface area contributed by atoms with Gasteiger partial charge in [0.1, 0.15) is 5.69 Å². The fourth-order valence-electron chi connectivity index (χ4n) is 2.44. The first-order valence-corrected chi connectivity index (χ1v) is 7.45. The maximum atomic E-state index is 5.80. The van der Waals surface area contributed by atoms with Crippen LogP contribution in [0.25, 0.3) is 11.3 Å². The van der Waals surface area contributed by atoms with Crippen LogP contribution in [0.4, 0.5) is 0 Å². The molecule has 0 saturated heterocycles. The van der Waals surface area contributed by atoms with Crippen LogP contribution in [0.1, 0.15) is 43.9 Å². The van der Waals surface area contributed by atoms with E-state index in [9.17, 15) is 0 Å². The largest absolute Gasteiger partial charge is 0.325 e. The Balaban J connectivity index is 2.23. The molecule has 0 aliphatic rings. The molecule has 0 spiro atoms. The van der Waals surface area contributed by atoms with Gasteiger partial charge in [-0.2, -0.15) is 0 Å². The Morgan fingerprint density at radius 2 is 2.05 bits per heavy atom. The predicted octanol–water partition coefficient (Wildman–Crippen LogP) is 3.29. The second kappa shape index (κ2) is 7.20. The van der Waals surface area contributed by atoms with E-state index >= 15 is 0 Å². The molecule has 108 valence electrons. The van der Waals surface area contributed by atoms with Gasteiger partial charge >= 0.3 is 0 Å². The van der Waals surface area contributed by atoms with Crippen LogP contribution in [0.15, 0.2) is 24.3 Å². The van der Waals surface area contributed by atoms with Crippen molar-refractivity contribution in [3.8, 4) is 11.3 Å². The highest BCUT2D eigenvalue weighted by Gasteiger charge is 2.13. The first-order chi connectivity index (χ1) is 9.76. The summed E-state index contributed by atoms with van der Waals surface area (Å²) in [6.07, 6.45) is 4.90. The van der Waals surface area contributed by atoms with Crippen molar-refractivity contribution in [2.24, 2.45) is 5.73 Å². The van der Waals surface area contributed by atoms with Crippen molar-refractivity contribution in [1.82, 2.24) is 15.0 Å². The fourth-order valence-corrected chi connectivity index (χ4v) is 2.44. The summed E-state index contributed by atoms with van der Waals surface area (Å²) in [5.41, 5.74) is 10.2. The molecule has 2 rings (SSSR count). The quantitative estimate of drug-likeness (QED) is 0.787. The number of nitrogens with two attached hydrogens (primary N) is 1. The molecule has 0 aliphatic heterocycles. The minimum Gasteiger partial charge on any atom is -0.325 e. The number of hydrogen-bond donors (Lipinski definition) is 1. The zero-order valence-electron chi connectivity index (χ0n) is 12.5. The zero-order chi connectivity index (χ0) is 14.4. The Morgan fingerprint density at radius 3 is 2.75 bits per heavy atom. The Kier molecular flexibility index (Phi) is 5.30. The smallest absolute Gasteiger partial charge is 0.104 e. The van der Waals surface area contributed by atoms with Gasteiger partial charge in [-0.1, -0.05) is 55.2 Å². The van der Waals surface area contributed by atoms with E-state index < -0.39 is 0 Å². The molecule has 20 heavy (non-hydrogen) atoms. The van der Waals surface area contributed by atoms with Crippen LogP contribution in [0.3, 0.4) is 0 Å². The number of hydrogen-bond acceptors (Lipinski definition) is 3. The molecule has 1 heterocycles. The molecule has 4 heteroatoms. The van der Waals surface area contributed by atoms with Crippen molar-refractivity contribution in [2.75, 3.05) is 0 Å². The van der Waals surface area contributed by atoms with Gasteiger partial charge in [0, 0.05) is 18.7 Å². The molecule has 0 radical (unpaired) electrons. The molecule has 0 bridgehead atoms. The lowest BCUT2D eigenvalue weighted by molar-refractivity contribution is 0.531. The molecule has 1 aromatic heterocycles. The van der Waals surface area contributed by atoms with Crippen LogP contribution in [-0.4, -0.2) is 15.0 Å². The normalized spacial score (nSPS) is 10.9. The van der Waals surface area contributed by atoms with E-state index in [1.165, 1.54) is 24.8 Å². The topological polar surface area (TPSA) is 56.7 Å². The van der Waals surface area contributed by atoms with E-state index in [-0.39, 0.29) is 0 Å². The zero-order valence-corrected chi connectivity index (χ0v) is 12.5. The molecule has 0 saturated carbocycles. The summed E-state index contributed by atoms with van der Waals surface area (Å²) in [4.78, 5) is 0. The van der Waals surface area contributed by atoms with Crippen molar-refractivity contribution >= 4 is 0 Å². The van der Waals surface area contributed by atoms with Crippen LogP contribution in [0.5, 0.6) is 0 Å². The van der Waals surface area contributed by atoms with Gasteiger partial charge in [-0.3, -0.25) is 0 Å². The lowest BCUT2D eigenvalue weighted by Gasteiger charge is -2.08. The Labute approximate surface area is 121 Å². The maximum absolute atomic E-state index is 5.80. The van der Waals surface area contributed by atoms with Gasteiger partial charge in [0.05, 0.1) is 5.69 Å². The van der Waals surface area contributed by atoms with Crippen molar-refractivity contribution in [3.63, 3.8) is 0 Å². The standard InChI is InChI=1S/C16H24N4/c1-3-4-5-6-10-20-16(15(12-17)18-19-20)14-9-7-8-13(2)11-14/h7-9,11H,3-6,10,12,17H2,1-2H3. The van der Waals surface area contributed by atoms with E-state index in [0.717, 1.165) is 29.9 Å². The lowest BCUT2D eigenvalue weighted by Crippen LogP contribution is -2.05. The van der Waals surface area contributed by atoms with E-state index in [2.05, 4.69) is 48.4 Å². The third-order valence-corrected chi connectivity index (χ3v) is 3.51. The van der Waals surface area contributed by atoms with Crippen molar-refractivity contribution in [1.29, 1.82) is 0 Å². The molecule has 0 amide bonds. The van der Waals surface area contributed by atoms with Crippen LogP contribution >= 0.6 is 0 Å². The molecule has 2 aromatic rings. The number of aryl methyl sites for hydroxylation is 2. The molecule has 0 atom stereocenters. The summed E-state index contributed by atoms with van der Waals surface area (Å²) < 4.78 is 2.01. The monoisotopic (exact) mass is 272 g/mol. The van der Waals surface area contributed by atoms with Crippen molar-refractivity contribution in [2.45, 2.75) is 52.6 Å².